The van der Waals surface area contributed by atoms with E-state index in [1.165, 1.54) is 0 Å². The van der Waals surface area contributed by atoms with E-state index in [-0.39, 0.29) is 18.0 Å². The van der Waals surface area contributed by atoms with E-state index in [4.69, 9.17) is 9.26 Å². The van der Waals surface area contributed by atoms with Crippen LogP contribution in [0, 0.1) is 0 Å². The number of anilines is 1. The summed E-state index contributed by atoms with van der Waals surface area (Å²) in [6.45, 7) is 9.98. The summed E-state index contributed by atoms with van der Waals surface area (Å²) in [4.78, 5) is 30.3. The lowest BCUT2D eigenvalue weighted by atomic mass is 10.1. The van der Waals surface area contributed by atoms with Crippen molar-refractivity contribution >= 4 is 17.9 Å². The zero-order chi connectivity index (χ0) is 20.5. The van der Waals surface area contributed by atoms with E-state index < -0.39 is 0 Å². The fraction of sp³-hybridized carbons (Fsp3) is 0.737. The van der Waals surface area contributed by atoms with Crippen LogP contribution in [0.15, 0.2) is 10.6 Å². The molecule has 0 spiro atoms. The summed E-state index contributed by atoms with van der Waals surface area (Å²) >= 11 is 0. The molecule has 9 nitrogen and oxygen atoms in total. The summed E-state index contributed by atoms with van der Waals surface area (Å²) in [5.41, 5.74) is 0.834. The minimum Gasteiger partial charge on any atom is -0.380 e. The van der Waals surface area contributed by atoms with Crippen LogP contribution in [0.3, 0.4) is 0 Å². The Labute approximate surface area is 166 Å². The summed E-state index contributed by atoms with van der Waals surface area (Å²) in [7, 11) is 1.77. The molecule has 0 radical (unpaired) electrons. The van der Waals surface area contributed by atoms with Crippen LogP contribution in [0.5, 0.6) is 0 Å². The molecule has 1 aromatic heterocycles. The average Bonchev–Trinajstić information content (AvgIpc) is 3.01. The van der Waals surface area contributed by atoms with Crippen LogP contribution in [-0.4, -0.2) is 84.9 Å². The third kappa shape index (κ3) is 6.12. The zero-order valence-electron chi connectivity index (χ0n) is 17.4. The molecule has 1 N–H and O–H groups in total. The van der Waals surface area contributed by atoms with Gasteiger partial charge in [0.1, 0.15) is 0 Å². The second kappa shape index (κ2) is 10.9. The number of hydrogen-bond acceptors (Lipinski definition) is 5. The van der Waals surface area contributed by atoms with Crippen LogP contribution in [0.25, 0.3) is 0 Å². The number of amides is 4. The first kappa shape index (κ1) is 22.0. The van der Waals surface area contributed by atoms with Crippen molar-refractivity contribution in [1.29, 1.82) is 0 Å². The number of nitrogens with one attached hydrogen (secondary N) is 1. The second-order valence-electron chi connectivity index (χ2n) is 7.08. The van der Waals surface area contributed by atoms with E-state index in [2.05, 4.69) is 24.3 Å². The van der Waals surface area contributed by atoms with Gasteiger partial charge in [-0.1, -0.05) is 19.0 Å². The number of hydrogen-bond donors (Lipinski definition) is 1. The Hall–Kier alpha value is -2.29. The van der Waals surface area contributed by atoms with Crippen LogP contribution < -0.4 is 5.32 Å². The number of ether oxygens (including phenoxy) is 1. The molecule has 1 aliphatic heterocycles. The highest BCUT2D eigenvalue weighted by molar-refractivity contribution is 5.88. The molecule has 1 unspecified atom stereocenters. The van der Waals surface area contributed by atoms with Crippen molar-refractivity contribution in [3.8, 4) is 0 Å². The summed E-state index contributed by atoms with van der Waals surface area (Å²) in [6.07, 6.45) is 1.68. The Morgan fingerprint density at radius 3 is 2.71 bits per heavy atom. The smallest absolute Gasteiger partial charge is 0.324 e. The molecule has 28 heavy (non-hydrogen) atoms. The number of carbonyl (C=O) groups excluding carboxylic acids is 2. The maximum absolute atomic E-state index is 12.6. The molecule has 0 saturated carbocycles. The van der Waals surface area contributed by atoms with Gasteiger partial charge in [-0.15, -0.1) is 0 Å². The molecule has 0 aromatic carbocycles. The van der Waals surface area contributed by atoms with Crippen molar-refractivity contribution in [2.24, 2.45) is 0 Å². The first-order valence-corrected chi connectivity index (χ1v) is 10.1. The van der Waals surface area contributed by atoms with Crippen LogP contribution in [0.1, 0.15) is 45.2 Å². The van der Waals surface area contributed by atoms with Crippen LogP contribution in [0.2, 0.25) is 0 Å². The predicted octanol–water partition coefficient (Wildman–Crippen LogP) is 2.82. The van der Waals surface area contributed by atoms with Gasteiger partial charge in [-0.05, 0) is 19.8 Å². The molecule has 2 rings (SSSR count). The standard InChI is InChI=1S/C19H33N5O4/c1-5-15(3)16-14-17(28-21-16)20-18(25)23-8-7-9-24(11-10-23)19(26)22(4)12-13-27-6-2/h14-15H,5-13H2,1-4H3,(H,20,25). The van der Waals surface area contributed by atoms with Gasteiger partial charge in [0, 0.05) is 58.4 Å². The van der Waals surface area contributed by atoms with Crippen LogP contribution in [0.4, 0.5) is 15.5 Å². The molecule has 0 aliphatic carbocycles. The highest BCUT2D eigenvalue weighted by Crippen LogP contribution is 2.21. The molecule has 158 valence electrons. The largest absolute Gasteiger partial charge is 0.380 e. The Morgan fingerprint density at radius 2 is 2.00 bits per heavy atom. The predicted molar refractivity (Wildman–Crippen MR) is 107 cm³/mol. The summed E-state index contributed by atoms with van der Waals surface area (Å²) < 4.78 is 10.5. The summed E-state index contributed by atoms with van der Waals surface area (Å²) in [5, 5.41) is 6.78. The molecule has 0 bridgehead atoms. The van der Waals surface area contributed by atoms with E-state index in [0.717, 1.165) is 18.5 Å². The number of urea groups is 2. The molecule has 1 fully saturated rings. The maximum atomic E-state index is 12.6. The van der Waals surface area contributed by atoms with Crippen LogP contribution >= 0.6 is 0 Å². The van der Waals surface area contributed by atoms with Gasteiger partial charge < -0.3 is 24.0 Å². The molecule has 4 amide bonds. The molecular weight excluding hydrogens is 362 g/mol. The normalized spacial score (nSPS) is 15.9. The minimum atomic E-state index is -0.231. The van der Waals surface area contributed by atoms with Gasteiger partial charge in [-0.3, -0.25) is 5.32 Å². The molecule has 1 atom stereocenters. The topological polar surface area (TPSA) is 91.2 Å². The first-order chi connectivity index (χ1) is 13.5. The van der Waals surface area contributed by atoms with E-state index >= 15 is 0 Å². The van der Waals surface area contributed by atoms with Gasteiger partial charge in [-0.2, -0.15) is 0 Å². The van der Waals surface area contributed by atoms with Gasteiger partial charge in [0.2, 0.25) is 5.88 Å². The number of rotatable bonds is 7. The van der Waals surface area contributed by atoms with Crippen molar-refractivity contribution in [3.63, 3.8) is 0 Å². The minimum absolute atomic E-state index is 0.0320. The van der Waals surface area contributed by atoms with Crippen molar-refractivity contribution in [3.05, 3.63) is 11.8 Å². The zero-order valence-corrected chi connectivity index (χ0v) is 17.4. The Morgan fingerprint density at radius 1 is 1.29 bits per heavy atom. The number of aromatic nitrogens is 1. The van der Waals surface area contributed by atoms with Crippen molar-refractivity contribution in [2.75, 3.05) is 58.3 Å². The Kier molecular flexibility index (Phi) is 8.56. The number of nitrogens with zero attached hydrogens (tertiary/aromatic N) is 4. The fourth-order valence-electron chi connectivity index (χ4n) is 2.97. The highest BCUT2D eigenvalue weighted by atomic mass is 16.5. The fourth-order valence-corrected chi connectivity index (χ4v) is 2.97. The maximum Gasteiger partial charge on any atom is 0.324 e. The van der Waals surface area contributed by atoms with Crippen molar-refractivity contribution < 1.29 is 18.8 Å². The number of carbonyl (C=O) groups is 2. The number of likely N-dealkylation sites (N-methyl/N-ethyl adjacent to an activating group) is 1. The summed E-state index contributed by atoms with van der Waals surface area (Å²) in [6, 6.07) is 1.51. The van der Waals surface area contributed by atoms with E-state index in [0.29, 0.717) is 51.8 Å². The van der Waals surface area contributed by atoms with E-state index in [1.807, 2.05) is 6.92 Å². The van der Waals surface area contributed by atoms with E-state index in [1.54, 1.807) is 27.8 Å². The average molecular weight is 396 g/mol. The lowest BCUT2D eigenvalue weighted by molar-refractivity contribution is 0.114. The van der Waals surface area contributed by atoms with Gasteiger partial charge >= 0.3 is 12.1 Å². The van der Waals surface area contributed by atoms with Gasteiger partial charge in [-0.25, -0.2) is 9.59 Å². The van der Waals surface area contributed by atoms with Gasteiger partial charge in [0.25, 0.3) is 0 Å². The van der Waals surface area contributed by atoms with Gasteiger partial charge in [0.15, 0.2) is 0 Å². The van der Waals surface area contributed by atoms with Crippen molar-refractivity contribution in [1.82, 2.24) is 19.9 Å². The third-order valence-corrected chi connectivity index (χ3v) is 5.03. The highest BCUT2D eigenvalue weighted by Gasteiger charge is 2.24. The van der Waals surface area contributed by atoms with Crippen molar-refractivity contribution in [2.45, 2.75) is 39.5 Å². The SMILES string of the molecule is CCOCCN(C)C(=O)N1CCCN(C(=O)Nc2cc(C(C)CC)no2)CC1. The molecule has 1 saturated heterocycles. The third-order valence-electron chi connectivity index (χ3n) is 5.03. The summed E-state index contributed by atoms with van der Waals surface area (Å²) in [5.74, 6) is 0.639. The lowest BCUT2D eigenvalue weighted by Gasteiger charge is -2.27. The Balaban J connectivity index is 1.84. The first-order valence-electron chi connectivity index (χ1n) is 10.1. The lowest BCUT2D eigenvalue weighted by Crippen LogP contribution is -2.44. The molecule has 9 heteroatoms. The molecule has 1 aliphatic rings. The van der Waals surface area contributed by atoms with E-state index in [9.17, 15) is 9.59 Å². The second-order valence-corrected chi connectivity index (χ2v) is 7.08. The van der Waals surface area contributed by atoms with Gasteiger partial charge in [0.05, 0.1) is 12.3 Å². The molecule has 1 aromatic rings. The Bertz CT molecular complexity index is 636. The molecule has 2 heterocycles. The monoisotopic (exact) mass is 395 g/mol. The van der Waals surface area contributed by atoms with Crippen LogP contribution in [-0.2, 0) is 4.74 Å². The quantitative estimate of drug-likeness (QED) is 0.717. The molecular formula is C19H33N5O4.